The Labute approximate surface area is 202 Å². The maximum absolute atomic E-state index is 14.4. The zero-order valence-electron chi connectivity index (χ0n) is 19.4. The van der Waals surface area contributed by atoms with Crippen molar-refractivity contribution in [2.75, 3.05) is 5.73 Å². The van der Waals surface area contributed by atoms with Gasteiger partial charge in [-0.1, -0.05) is 30.0 Å². The smallest absolute Gasteiger partial charge is 0.332 e. The molecule has 180 valence electrons. The van der Waals surface area contributed by atoms with E-state index in [0.29, 0.717) is 16.5 Å². The number of nitrogen functional groups attached to an aromatic ring is 1. The lowest BCUT2D eigenvalue weighted by Crippen LogP contribution is -2.42. The molecule has 0 aliphatic rings. The van der Waals surface area contributed by atoms with E-state index in [9.17, 15) is 23.6 Å². The molecule has 2 aromatic carbocycles. The second kappa shape index (κ2) is 8.99. The van der Waals surface area contributed by atoms with Gasteiger partial charge in [-0.15, -0.1) is 0 Å². The van der Waals surface area contributed by atoms with E-state index in [2.05, 4.69) is 4.98 Å². The van der Waals surface area contributed by atoms with Crippen molar-refractivity contribution in [3.8, 4) is 5.69 Å². The largest absolute Gasteiger partial charge is 0.384 e. The summed E-state index contributed by atoms with van der Waals surface area (Å²) in [6.07, 6.45) is 0. The molecule has 1 unspecified atom stereocenters. The molecule has 0 bridgehead atoms. The fraction of sp³-hybridized carbons (Fsp3) is 0.208. The fourth-order valence-electron chi connectivity index (χ4n) is 3.65. The number of rotatable bonds is 5. The van der Waals surface area contributed by atoms with Crippen molar-refractivity contribution in [1.29, 1.82) is 0 Å². The monoisotopic (exact) mass is 495 g/mol. The third-order valence-electron chi connectivity index (χ3n) is 5.77. The predicted octanol–water partition coefficient (Wildman–Crippen LogP) is 2.18. The highest BCUT2D eigenvalue weighted by Crippen LogP contribution is 2.28. The molecular formula is C24H22FN5O4S. The Morgan fingerprint density at radius 3 is 2.43 bits per heavy atom. The van der Waals surface area contributed by atoms with Crippen molar-refractivity contribution >= 4 is 34.3 Å². The van der Waals surface area contributed by atoms with Crippen molar-refractivity contribution < 1.29 is 9.18 Å². The Kier molecular flexibility index (Phi) is 6.20. The van der Waals surface area contributed by atoms with Crippen molar-refractivity contribution in [2.24, 2.45) is 14.1 Å². The molecule has 2 N–H and O–H groups in total. The molecule has 0 saturated heterocycles. The van der Waals surface area contributed by atoms with Crippen LogP contribution in [0.4, 0.5) is 10.2 Å². The van der Waals surface area contributed by atoms with E-state index in [1.807, 2.05) is 0 Å². The Balaban J connectivity index is 1.87. The van der Waals surface area contributed by atoms with E-state index in [4.69, 9.17) is 5.73 Å². The number of nitrogens with zero attached hydrogens (tertiary/aromatic N) is 4. The molecule has 2 heterocycles. The van der Waals surface area contributed by atoms with Gasteiger partial charge in [0.05, 0.1) is 21.8 Å². The van der Waals surface area contributed by atoms with Crippen LogP contribution in [0.15, 0.2) is 62.0 Å². The van der Waals surface area contributed by atoms with Gasteiger partial charge < -0.3 is 5.73 Å². The lowest BCUT2D eigenvalue weighted by molar-refractivity contribution is 0.0992. The third-order valence-corrected chi connectivity index (χ3v) is 6.82. The molecule has 35 heavy (non-hydrogen) atoms. The van der Waals surface area contributed by atoms with Crippen LogP contribution in [-0.4, -0.2) is 29.7 Å². The molecule has 0 aliphatic carbocycles. The zero-order chi connectivity index (χ0) is 25.6. The number of aryl methyl sites for hydroxylation is 1. The molecule has 0 spiro atoms. The number of nitrogens with two attached hydrogens (primary N) is 1. The summed E-state index contributed by atoms with van der Waals surface area (Å²) in [5.41, 5.74) is 4.77. The van der Waals surface area contributed by atoms with Crippen LogP contribution in [0.1, 0.15) is 22.8 Å². The Bertz CT molecular complexity index is 1690. The van der Waals surface area contributed by atoms with Gasteiger partial charge in [-0.25, -0.2) is 14.2 Å². The lowest BCUT2D eigenvalue weighted by atomic mass is 10.1. The van der Waals surface area contributed by atoms with E-state index < -0.39 is 33.7 Å². The third kappa shape index (κ3) is 4.08. The topological polar surface area (TPSA) is 122 Å². The zero-order valence-corrected chi connectivity index (χ0v) is 20.2. The SMILES string of the molecule is Cc1ccc(-n2c(SC(C)C(=O)c3c(N)n(C)c(=O)n(C)c3=O)nc3ccccc3c2=O)cc1F. The van der Waals surface area contributed by atoms with Crippen molar-refractivity contribution in [1.82, 2.24) is 18.7 Å². The predicted molar refractivity (Wildman–Crippen MR) is 133 cm³/mol. The number of ketones is 1. The summed E-state index contributed by atoms with van der Waals surface area (Å²) in [4.78, 5) is 56.0. The van der Waals surface area contributed by atoms with Crippen LogP contribution in [0.2, 0.25) is 0 Å². The molecule has 4 rings (SSSR count). The Morgan fingerprint density at radius 1 is 1.06 bits per heavy atom. The van der Waals surface area contributed by atoms with Crippen LogP contribution in [0, 0.1) is 12.7 Å². The first-order valence-corrected chi connectivity index (χ1v) is 11.5. The first-order valence-electron chi connectivity index (χ1n) is 10.6. The van der Waals surface area contributed by atoms with E-state index >= 15 is 0 Å². The van der Waals surface area contributed by atoms with Crippen LogP contribution in [0.3, 0.4) is 0 Å². The molecule has 0 amide bonds. The number of thioether (sulfide) groups is 1. The van der Waals surface area contributed by atoms with E-state index in [1.54, 1.807) is 50.2 Å². The summed E-state index contributed by atoms with van der Waals surface area (Å²) in [7, 11) is 2.62. The van der Waals surface area contributed by atoms with E-state index in [0.717, 1.165) is 20.9 Å². The molecule has 2 aromatic heterocycles. The minimum absolute atomic E-state index is 0.137. The van der Waals surface area contributed by atoms with Crippen molar-refractivity contribution in [2.45, 2.75) is 24.3 Å². The number of Topliss-reactive ketones (excluding diaryl/α,β-unsaturated/α-hetero) is 1. The maximum atomic E-state index is 14.4. The minimum Gasteiger partial charge on any atom is -0.384 e. The van der Waals surface area contributed by atoms with Crippen LogP contribution in [0.25, 0.3) is 16.6 Å². The van der Waals surface area contributed by atoms with Gasteiger partial charge in [-0.2, -0.15) is 0 Å². The van der Waals surface area contributed by atoms with Crippen LogP contribution >= 0.6 is 11.8 Å². The van der Waals surface area contributed by atoms with Gasteiger partial charge in [0.25, 0.3) is 11.1 Å². The number of fused-ring (bicyclic) bond motifs is 1. The van der Waals surface area contributed by atoms with E-state index in [-0.39, 0.29) is 22.2 Å². The molecule has 11 heteroatoms. The summed E-state index contributed by atoms with van der Waals surface area (Å²) < 4.78 is 17.4. The number of hydrogen-bond acceptors (Lipinski definition) is 7. The van der Waals surface area contributed by atoms with Crippen LogP contribution in [-0.2, 0) is 14.1 Å². The number of hydrogen-bond donors (Lipinski definition) is 1. The molecule has 9 nitrogen and oxygen atoms in total. The fourth-order valence-corrected chi connectivity index (χ4v) is 4.63. The molecule has 0 aliphatic heterocycles. The second-order valence-corrected chi connectivity index (χ2v) is 9.38. The van der Waals surface area contributed by atoms with Gasteiger partial charge >= 0.3 is 5.69 Å². The summed E-state index contributed by atoms with van der Waals surface area (Å²) >= 11 is 0.929. The molecule has 1 atom stereocenters. The first-order chi connectivity index (χ1) is 16.5. The Morgan fingerprint density at radius 2 is 1.74 bits per heavy atom. The lowest BCUT2D eigenvalue weighted by Gasteiger charge is -2.17. The standard InChI is InChI=1S/C24H22FN5O4S/c1-12-9-10-14(11-16(12)25)30-21(32)15-7-5-6-8-17(15)27-23(30)35-13(2)19(31)18-20(26)28(3)24(34)29(4)22(18)33/h5-11,13H,26H2,1-4H3. The normalized spacial score (nSPS) is 12.1. The molecular weight excluding hydrogens is 473 g/mol. The number of aromatic nitrogens is 4. The molecule has 0 saturated carbocycles. The van der Waals surface area contributed by atoms with Crippen molar-refractivity contribution in [3.05, 3.63) is 90.6 Å². The number of anilines is 1. The van der Waals surface area contributed by atoms with Gasteiger partial charge in [-0.05, 0) is 43.7 Å². The van der Waals surface area contributed by atoms with Gasteiger partial charge in [0, 0.05) is 14.1 Å². The maximum Gasteiger partial charge on any atom is 0.332 e. The average molecular weight is 496 g/mol. The highest BCUT2D eigenvalue weighted by molar-refractivity contribution is 8.00. The summed E-state index contributed by atoms with van der Waals surface area (Å²) in [6.45, 7) is 3.15. The van der Waals surface area contributed by atoms with Crippen LogP contribution in [0.5, 0.6) is 0 Å². The molecule has 4 aromatic rings. The number of carbonyl (C=O) groups excluding carboxylic acids is 1. The summed E-state index contributed by atoms with van der Waals surface area (Å²) in [5, 5.41) is -0.455. The average Bonchev–Trinajstić information content (AvgIpc) is 2.83. The second-order valence-electron chi connectivity index (χ2n) is 8.08. The molecule has 0 radical (unpaired) electrons. The number of carbonyl (C=O) groups is 1. The highest BCUT2D eigenvalue weighted by Gasteiger charge is 2.27. The van der Waals surface area contributed by atoms with Gasteiger partial charge in [0.15, 0.2) is 10.9 Å². The molecule has 0 fully saturated rings. The van der Waals surface area contributed by atoms with Crippen molar-refractivity contribution in [3.63, 3.8) is 0 Å². The van der Waals surface area contributed by atoms with E-state index in [1.165, 1.54) is 24.7 Å². The summed E-state index contributed by atoms with van der Waals surface area (Å²) in [6, 6.07) is 11.1. The highest BCUT2D eigenvalue weighted by atomic mass is 32.2. The van der Waals surface area contributed by atoms with Crippen LogP contribution < -0.4 is 22.5 Å². The minimum atomic E-state index is -0.919. The first kappa shape index (κ1) is 24.1. The summed E-state index contributed by atoms with van der Waals surface area (Å²) in [5.74, 6) is -1.38. The number of para-hydroxylation sites is 1. The number of benzene rings is 2. The van der Waals surface area contributed by atoms with Gasteiger partial charge in [-0.3, -0.25) is 28.1 Å². The quantitative estimate of drug-likeness (QED) is 0.256. The number of halogens is 1. The van der Waals surface area contributed by atoms with Gasteiger partial charge in [0.2, 0.25) is 0 Å². The Hall–Kier alpha value is -3.99. The van der Waals surface area contributed by atoms with Gasteiger partial charge in [0.1, 0.15) is 17.2 Å².